The summed E-state index contributed by atoms with van der Waals surface area (Å²) in [5.74, 6) is 0. The minimum absolute atomic E-state index is 0.372. The van der Waals surface area contributed by atoms with Crippen LogP contribution in [-0.4, -0.2) is 18.6 Å². The highest BCUT2D eigenvalue weighted by Gasteiger charge is 2.36. The number of rotatable bonds is 1. The van der Waals surface area contributed by atoms with Crippen molar-refractivity contribution in [3.05, 3.63) is 35.9 Å². The summed E-state index contributed by atoms with van der Waals surface area (Å²) in [6.07, 6.45) is 6.86. The predicted molar refractivity (Wildman–Crippen MR) is 71.0 cm³/mol. The maximum absolute atomic E-state index is 3.92. The smallest absolute Gasteiger partial charge is 0.0451 e. The van der Waals surface area contributed by atoms with E-state index in [9.17, 15) is 0 Å². The van der Waals surface area contributed by atoms with Crippen LogP contribution in [0.3, 0.4) is 0 Å². The van der Waals surface area contributed by atoms with Gasteiger partial charge in [-0.15, -0.1) is 0 Å². The molecule has 0 aromatic heterocycles. The summed E-state index contributed by atoms with van der Waals surface area (Å²) < 4.78 is 0. The average Bonchev–Trinajstić information content (AvgIpc) is 2.41. The first-order valence-electron chi connectivity index (χ1n) is 6.91. The molecule has 0 amide bonds. The van der Waals surface area contributed by atoms with E-state index in [2.05, 4.69) is 41.0 Å². The molecule has 1 spiro atoms. The van der Waals surface area contributed by atoms with E-state index in [1.54, 1.807) is 0 Å². The molecule has 1 aliphatic carbocycles. The van der Waals surface area contributed by atoms with Gasteiger partial charge in [-0.25, -0.2) is 0 Å². The van der Waals surface area contributed by atoms with Gasteiger partial charge in [0.05, 0.1) is 0 Å². The van der Waals surface area contributed by atoms with Crippen molar-refractivity contribution in [1.29, 1.82) is 0 Å². The van der Waals surface area contributed by atoms with Crippen molar-refractivity contribution >= 4 is 0 Å². The molecule has 2 fully saturated rings. The van der Waals surface area contributed by atoms with E-state index in [-0.39, 0.29) is 0 Å². The Balaban J connectivity index is 1.75. The summed E-state index contributed by atoms with van der Waals surface area (Å²) in [4.78, 5) is 0. The lowest BCUT2D eigenvalue weighted by molar-refractivity contribution is 0.166. The molecule has 1 saturated carbocycles. The Kier molecular flexibility index (Phi) is 3.17. The number of hydrogen-bond acceptors (Lipinski definition) is 2. The van der Waals surface area contributed by atoms with Crippen LogP contribution in [-0.2, 0) is 0 Å². The lowest BCUT2D eigenvalue weighted by Gasteiger charge is -2.45. The molecule has 2 aliphatic rings. The highest BCUT2D eigenvalue weighted by molar-refractivity contribution is 5.21. The molecular formula is C15H22N2. The predicted octanol–water partition coefficient (Wildman–Crippen LogP) is 2.62. The first-order valence-corrected chi connectivity index (χ1v) is 6.91. The zero-order valence-corrected chi connectivity index (χ0v) is 10.4. The van der Waals surface area contributed by atoms with Crippen molar-refractivity contribution in [2.75, 3.05) is 13.1 Å². The molecule has 0 bridgehead atoms. The Morgan fingerprint density at radius 2 is 1.76 bits per heavy atom. The molecule has 1 unspecified atom stereocenters. The molecule has 2 nitrogen and oxygen atoms in total. The lowest BCUT2D eigenvalue weighted by atomic mass is 9.79. The highest BCUT2D eigenvalue weighted by atomic mass is 15.1. The van der Waals surface area contributed by atoms with Gasteiger partial charge >= 0.3 is 0 Å². The number of nitrogens with one attached hydrogen (secondary N) is 2. The number of hydrogen-bond donors (Lipinski definition) is 2. The molecule has 17 heavy (non-hydrogen) atoms. The zero-order chi connectivity index (χ0) is 11.6. The molecule has 1 saturated heterocycles. The first-order chi connectivity index (χ1) is 8.38. The quantitative estimate of drug-likeness (QED) is 0.775. The maximum Gasteiger partial charge on any atom is 0.0451 e. The van der Waals surface area contributed by atoms with E-state index >= 15 is 0 Å². The van der Waals surface area contributed by atoms with Crippen molar-refractivity contribution in [2.24, 2.45) is 0 Å². The summed E-state index contributed by atoms with van der Waals surface area (Å²) in [5, 5.41) is 7.55. The molecule has 1 aromatic carbocycles. The van der Waals surface area contributed by atoms with Crippen molar-refractivity contribution in [3.8, 4) is 0 Å². The summed E-state index contributed by atoms with van der Waals surface area (Å²) in [6.45, 7) is 2.21. The summed E-state index contributed by atoms with van der Waals surface area (Å²) in [6, 6.07) is 11.3. The molecule has 1 atom stereocenters. The molecule has 92 valence electrons. The molecule has 1 aromatic rings. The first kappa shape index (κ1) is 11.2. The third-order valence-electron chi connectivity index (χ3n) is 4.30. The van der Waals surface area contributed by atoms with E-state index in [0.717, 1.165) is 13.1 Å². The molecule has 0 radical (unpaired) electrons. The zero-order valence-electron chi connectivity index (χ0n) is 10.4. The topological polar surface area (TPSA) is 24.1 Å². The molecule has 3 rings (SSSR count). The van der Waals surface area contributed by atoms with Crippen LogP contribution in [0.1, 0.15) is 43.7 Å². The standard InChI is InChI=1S/C15H22N2/c1-3-7-13(8-4-1)14-11-16-12-15(17-14)9-5-2-6-10-15/h1,3-4,7-8,14,16-17H,2,5-6,9-12H2. The third-order valence-corrected chi connectivity index (χ3v) is 4.30. The second-order valence-electron chi connectivity index (χ2n) is 5.58. The fourth-order valence-electron chi connectivity index (χ4n) is 3.36. The van der Waals surface area contributed by atoms with E-state index < -0.39 is 0 Å². The monoisotopic (exact) mass is 230 g/mol. The van der Waals surface area contributed by atoms with Crippen molar-refractivity contribution < 1.29 is 0 Å². The Hall–Kier alpha value is -0.860. The highest BCUT2D eigenvalue weighted by Crippen LogP contribution is 2.32. The van der Waals surface area contributed by atoms with Crippen LogP contribution >= 0.6 is 0 Å². The van der Waals surface area contributed by atoms with Gasteiger partial charge < -0.3 is 10.6 Å². The molecule has 1 aliphatic heterocycles. The largest absolute Gasteiger partial charge is 0.313 e. The Morgan fingerprint density at radius 1 is 1.00 bits per heavy atom. The SMILES string of the molecule is c1ccc(C2CNCC3(CCCCC3)N2)cc1. The third kappa shape index (κ3) is 2.38. The van der Waals surface area contributed by atoms with E-state index in [1.165, 1.54) is 37.7 Å². The van der Waals surface area contributed by atoms with Gasteiger partial charge in [-0.05, 0) is 18.4 Å². The Morgan fingerprint density at radius 3 is 2.53 bits per heavy atom. The van der Waals surface area contributed by atoms with E-state index in [4.69, 9.17) is 0 Å². The average molecular weight is 230 g/mol. The van der Waals surface area contributed by atoms with Gasteiger partial charge in [0.25, 0.3) is 0 Å². The molecule has 2 heteroatoms. The van der Waals surface area contributed by atoms with Gasteiger partial charge in [0.2, 0.25) is 0 Å². The van der Waals surface area contributed by atoms with Crippen LogP contribution in [0.5, 0.6) is 0 Å². The van der Waals surface area contributed by atoms with E-state index in [0.29, 0.717) is 11.6 Å². The van der Waals surface area contributed by atoms with Crippen molar-refractivity contribution in [3.63, 3.8) is 0 Å². The van der Waals surface area contributed by atoms with Crippen LogP contribution in [0.2, 0.25) is 0 Å². The van der Waals surface area contributed by atoms with Gasteiger partial charge in [0.1, 0.15) is 0 Å². The van der Waals surface area contributed by atoms with Crippen molar-refractivity contribution in [1.82, 2.24) is 10.6 Å². The minimum atomic E-state index is 0.372. The fourth-order valence-corrected chi connectivity index (χ4v) is 3.36. The lowest BCUT2D eigenvalue weighted by Crippen LogP contribution is -2.60. The fraction of sp³-hybridized carbons (Fsp3) is 0.600. The van der Waals surface area contributed by atoms with Gasteiger partial charge in [-0.3, -0.25) is 0 Å². The number of benzene rings is 1. The summed E-state index contributed by atoms with van der Waals surface area (Å²) >= 11 is 0. The van der Waals surface area contributed by atoms with Crippen LogP contribution in [0.15, 0.2) is 30.3 Å². The Labute approximate surface area is 104 Å². The normalized spacial score (nSPS) is 28.1. The van der Waals surface area contributed by atoms with Gasteiger partial charge in [-0.1, -0.05) is 49.6 Å². The van der Waals surface area contributed by atoms with Crippen LogP contribution in [0, 0.1) is 0 Å². The van der Waals surface area contributed by atoms with Gasteiger partial charge in [0.15, 0.2) is 0 Å². The van der Waals surface area contributed by atoms with Gasteiger partial charge in [0, 0.05) is 24.7 Å². The van der Waals surface area contributed by atoms with Crippen molar-refractivity contribution in [2.45, 2.75) is 43.7 Å². The van der Waals surface area contributed by atoms with Crippen LogP contribution < -0.4 is 10.6 Å². The summed E-state index contributed by atoms with van der Waals surface area (Å²) in [7, 11) is 0. The Bertz CT molecular complexity index is 349. The maximum atomic E-state index is 3.92. The second-order valence-corrected chi connectivity index (χ2v) is 5.58. The summed E-state index contributed by atoms with van der Waals surface area (Å²) in [5.41, 5.74) is 1.79. The molecular weight excluding hydrogens is 208 g/mol. The van der Waals surface area contributed by atoms with Crippen LogP contribution in [0.4, 0.5) is 0 Å². The van der Waals surface area contributed by atoms with Gasteiger partial charge in [-0.2, -0.15) is 0 Å². The van der Waals surface area contributed by atoms with Crippen LogP contribution in [0.25, 0.3) is 0 Å². The van der Waals surface area contributed by atoms with E-state index in [1.807, 2.05) is 0 Å². The minimum Gasteiger partial charge on any atom is -0.313 e. The molecule has 2 N–H and O–H groups in total. The molecule has 1 heterocycles. The number of piperazine rings is 1. The second kappa shape index (κ2) is 4.79.